The summed E-state index contributed by atoms with van der Waals surface area (Å²) >= 11 is 0. The van der Waals surface area contributed by atoms with E-state index in [4.69, 9.17) is 4.74 Å². The van der Waals surface area contributed by atoms with E-state index < -0.39 is 29.2 Å². The molecule has 3 heterocycles. The van der Waals surface area contributed by atoms with Crippen molar-refractivity contribution in [3.05, 3.63) is 53.6 Å². The maximum absolute atomic E-state index is 13.0. The summed E-state index contributed by atoms with van der Waals surface area (Å²) < 4.78 is 85.5. The van der Waals surface area contributed by atoms with Crippen molar-refractivity contribution in [2.45, 2.75) is 18.9 Å². The first-order valence-corrected chi connectivity index (χ1v) is 10.4. The largest absolute Gasteiger partial charge is 0.493 e. The Morgan fingerprint density at radius 2 is 1.64 bits per heavy atom. The highest BCUT2D eigenvalue weighted by Gasteiger charge is 2.55. The van der Waals surface area contributed by atoms with Crippen LogP contribution in [0.2, 0.25) is 0 Å². The summed E-state index contributed by atoms with van der Waals surface area (Å²) in [5, 5.41) is 0. The van der Waals surface area contributed by atoms with Crippen LogP contribution in [0.15, 0.2) is 36.7 Å². The van der Waals surface area contributed by atoms with Crippen molar-refractivity contribution in [1.82, 2.24) is 19.4 Å². The van der Waals surface area contributed by atoms with Crippen LogP contribution in [0, 0.1) is 17.8 Å². The first kappa shape index (κ1) is 22.0. The summed E-state index contributed by atoms with van der Waals surface area (Å²) in [5.74, 6) is 1.25. The summed E-state index contributed by atoms with van der Waals surface area (Å²) in [6.45, 7) is 2.33. The number of piperidine rings is 1. The van der Waals surface area contributed by atoms with Crippen molar-refractivity contribution in [1.29, 1.82) is 0 Å². The number of hydrogen-bond acceptors (Lipinski definition) is 4. The van der Waals surface area contributed by atoms with Crippen molar-refractivity contribution < 1.29 is 31.1 Å². The number of nitrogens with zero attached hydrogens (tertiary/aromatic N) is 4. The van der Waals surface area contributed by atoms with Gasteiger partial charge in [0.15, 0.2) is 0 Å². The second-order valence-corrected chi connectivity index (χ2v) is 8.69. The number of rotatable bonds is 5. The zero-order valence-corrected chi connectivity index (χ0v) is 17.5. The second kappa shape index (κ2) is 7.61. The van der Waals surface area contributed by atoms with Crippen LogP contribution in [0.1, 0.15) is 17.0 Å². The third kappa shape index (κ3) is 4.25. The Labute approximate surface area is 185 Å². The Morgan fingerprint density at radius 3 is 2.21 bits per heavy atom. The van der Waals surface area contributed by atoms with E-state index in [1.165, 1.54) is 0 Å². The normalized spacial score (nSPS) is 23.2. The molecule has 5 nitrogen and oxygen atoms in total. The molecule has 0 bridgehead atoms. The van der Waals surface area contributed by atoms with Crippen LogP contribution in [0.4, 0.5) is 26.3 Å². The highest BCUT2D eigenvalue weighted by molar-refractivity contribution is 5.74. The molecule has 1 saturated carbocycles. The molecule has 2 fully saturated rings. The fraction of sp³-hybridized carbons (Fsp3) is 0.455. The maximum atomic E-state index is 13.0. The quantitative estimate of drug-likeness (QED) is 0.505. The minimum atomic E-state index is -4.89. The van der Waals surface area contributed by atoms with E-state index in [0.29, 0.717) is 30.5 Å². The number of imidazole rings is 1. The van der Waals surface area contributed by atoms with Gasteiger partial charge in [-0.05, 0) is 36.1 Å². The highest BCUT2D eigenvalue weighted by atomic mass is 19.4. The number of fused-ring (bicyclic) bond motifs is 2. The lowest BCUT2D eigenvalue weighted by atomic mass is 10.1. The molecule has 3 aromatic rings. The minimum absolute atomic E-state index is 0.0970. The van der Waals surface area contributed by atoms with Gasteiger partial charge in [0.2, 0.25) is 0 Å². The van der Waals surface area contributed by atoms with E-state index in [1.54, 1.807) is 12.4 Å². The van der Waals surface area contributed by atoms with Crippen LogP contribution < -0.4 is 4.74 Å². The molecular formula is C22H20F6N4O. The Hall–Kier alpha value is -2.82. The van der Waals surface area contributed by atoms with Crippen molar-refractivity contribution >= 4 is 11.0 Å². The third-order valence-corrected chi connectivity index (χ3v) is 6.59. The topological polar surface area (TPSA) is 43.2 Å². The van der Waals surface area contributed by atoms with Crippen LogP contribution in [-0.2, 0) is 25.9 Å². The molecule has 11 heteroatoms. The monoisotopic (exact) mass is 470 g/mol. The maximum Gasteiger partial charge on any atom is 0.416 e. The molecule has 0 radical (unpaired) electrons. The van der Waals surface area contributed by atoms with Gasteiger partial charge in [0, 0.05) is 32.3 Å². The predicted molar refractivity (Wildman–Crippen MR) is 106 cm³/mol. The zero-order valence-electron chi connectivity index (χ0n) is 17.5. The molecule has 1 aliphatic heterocycles. The van der Waals surface area contributed by atoms with Gasteiger partial charge in [-0.3, -0.25) is 9.88 Å². The summed E-state index contributed by atoms with van der Waals surface area (Å²) in [7, 11) is 1.95. The number of likely N-dealkylation sites (tertiary alicyclic amines) is 1. The number of alkyl halides is 6. The number of hydrogen-bond donors (Lipinski definition) is 0. The van der Waals surface area contributed by atoms with Crippen molar-refractivity contribution in [2.24, 2.45) is 24.8 Å². The third-order valence-electron chi connectivity index (χ3n) is 6.59. The van der Waals surface area contributed by atoms with Gasteiger partial charge < -0.3 is 9.30 Å². The van der Waals surface area contributed by atoms with Gasteiger partial charge >= 0.3 is 12.4 Å². The van der Waals surface area contributed by atoms with Gasteiger partial charge in [-0.25, -0.2) is 4.98 Å². The molecule has 0 spiro atoms. The van der Waals surface area contributed by atoms with Gasteiger partial charge in [-0.1, -0.05) is 0 Å². The molecule has 1 aromatic carbocycles. The van der Waals surface area contributed by atoms with Crippen molar-refractivity contribution in [3.8, 4) is 5.75 Å². The van der Waals surface area contributed by atoms with Crippen LogP contribution >= 0.6 is 0 Å². The molecular weight excluding hydrogens is 450 g/mol. The lowest BCUT2D eigenvalue weighted by molar-refractivity contribution is -0.143. The summed E-state index contributed by atoms with van der Waals surface area (Å²) in [4.78, 5) is 11.0. The molecule has 1 aliphatic carbocycles. The average molecular weight is 470 g/mol. The highest BCUT2D eigenvalue weighted by Crippen LogP contribution is 2.52. The Balaban J connectivity index is 1.20. The molecule has 5 rings (SSSR count). The first-order chi connectivity index (χ1) is 15.5. The molecule has 176 valence electrons. The molecule has 0 amide bonds. The fourth-order valence-electron chi connectivity index (χ4n) is 4.76. The lowest BCUT2D eigenvalue weighted by Gasteiger charge is -2.19. The number of aryl methyl sites for hydroxylation is 1. The second-order valence-electron chi connectivity index (χ2n) is 8.69. The lowest BCUT2D eigenvalue weighted by Crippen LogP contribution is -2.26. The Morgan fingerprint density at radius 1 is 1.00 bits per heavy atom. The van der Waals surface area contributed by atoms with Crippen LogP contribution in [-0.4, -0.2) is 39.1 Å². The standard InChI is InChI=1S/C22H20F6N4O/c1-31-19-2-3-29-7-18(19)30-20(31)10-32-8-15-16(9-32)17(15)11-33-14-5-12(21(23,24)25)4-13(6-14)22(26,27)28/h2-7,15-17H,8-11H2,1H3/t15-,16+,17?. The predicted octanol–water partition coefficient (Wildman–Crippen LogP) is 4.76. The van der Waals surface area contributed by atoms with E-state index in [-0.39, 0.29) is 18.6 Å². The number of benzene rings is 1. The first-order valence-electron chi connectivity index (χ1n) is 10.4. The van der Waals surface area contributed by atoms with Crippen LogP contribution in [0.5, 0.6) is 5.75 Å². The van der Waals surface area contributed by atoms with Gasteiger partial charge in [-0.2, -0.15) is 26.3 Å². The number of halogens is 6. The Kier molecular flexibility index (Phi) is 5.07. The summed E-state index contributed by atoms with van der Waals surface area (Å²) in [6, 6.07) is 3.26. The zero-order chi connectivity index (χ0) is 23.5. The van der Waals surface area contributed by atoms with Gasteiger partial charge in [-0.15, -0.1) is 0 Å². The van der Waals surface area contributed by atoms with E-state index in [9.17, 15) is 26.3 Å². The fourth-order valence-corrected chi connectivity index (χ4v) is 4.76. The number of pyridine rings is 1. The smallest absolute Gasteiger partial charge is 0.416 e. The molecule has 2 aromatic heterocycles. The summed E-state index contributed by atoms with van der Waals surface area (Å²) in [6.07, 6.45) is -6.35. The average Bonchev–Trinajstić information content (AvgIpc) is 3.04. The van der Waals surface area contributed by atoms with Crippen molar-refractivity contribution in [3.63, 3.8) is 0 Å². The molecule has 1 unspecified atom stereocenters. The molecule has 33 heavy (non-hydrogen) atoms. The van der Waals surface area contributed by atoms with E-state index in [1.807, 2.05) is 17.7 Å². The minimum Gasteiger partial charge on any atom is -0.493 e. The van der Waals surface area contributed by atoms with Crippen LogP contribution in [0.25, 0.3) is 11.0 Å². The van der Waals surface area contributed by atoms with E-state index in [0.717, 1.165) is 29.9 Å². The summed E-state index contributed by atoms with van der Waals surface area (Å²) in [5.41, 5.74) is -0.917. The SMILES string of the molecule is Cn1c(CN2C[C@@H]3C(COc4cc(C(F)(F)F)cc(C(F)(F)F)c4)[C@@H]3C2)nc2cnccc21. The van der Waals surface area contributed by atoms with Crippen LogP contribution in [0.3, 0.4) is 0 Å². The van der Waals surface area contributed by atoms with Gasteiger partial charge in [0.05, 0.1) is 36.0 Å². The van der Waals surface area contributed by atoms with Gasteiger partial charge in [0.1, 0.15) is 17.1 Å². The molecule has 1 saturated heterocycles. The Bertz CT molecular complexity index is 1140. The van der Waals surface area contributed by atoms with Crippen molar-refractivity contribution in [2.75, 3.05) is 19.7 Å². The molecule has 3 atom stereocenters. The molecule has 0 N–H and O–H groups in total. The number of ether oxygens (including phenoxy) is 1. The van der Waals surface area contributed by atoms with E-state index in [2.05, 4.69) is 14.9 Å². The van der Waals surface area contributed by atoms with Gasteiger partial charge in [0.25, 0.3) is 0 Å². The number of aromatic nitrogens is 3. The van der Waals surface area contributed by atoms with E-state index >= 15 is 0 Å². The molecule has 2 aliphatic rings.